The smallest absolute Gasteiger partial charge is 0.270 e. The summed E-state index contributed by atoms with van der Waals surface area (Å²) in [6.07, 6.45) is 0. The third-order valence-corrected chi connectivity index (χ3v) is 5.36. The van der Waals surface area contributed by atoms with E-state index in [1.165, 1.54) is 5.56 Å². The number of hydrogen-bond donors (Lipinski definition) is 2. The van der Waals surface area contributed by atoms with Crippen LogP contribution in [0.4, 0.5) is 11.6 Å². The molecule has 0 saturated heterocycles. The van der Waals surface area contributed by atoms with Crippen LogP contribution in [-0.2, 0) is 0 Å². The van der Waals surface area contributed by atoms with Crippen molar-refractivity contribution in [2.24, 2.45) is 10.2 Å². The van der Waals surface area contributed by atoms with Gasteiger partial charge >= 0.3 is 0 Å². The lowest BCUT2D eigenvalue weighted by atomic mass is 10.1. The summed E-state index contributed by atoms with van der Waals surface area (Å²) in [5.41, 5.74) is 7.11. The van der Waals surface area contributed by atoms with E-state index in [1.807, 2.05) is 56.3 Å². The molecule has 152 valence electrons. The molecule has 0 aliphatic carbocycles. The molecule has 0 spiro atoms. The normalized spacial score (nSPS) is 11.7. The molecule has 0 unspecified atom stereocenters. The number of aromatic amines is 1. The number of hydrogen-bond acceptors (Lipinski definition) is 5. The van der Waals surface area contributed by atoms with Crippen molar-refractivity contribution in [3.8, 4) is 17.1 Å². The first-order valence-electron chi connectivity index (χ1n) is 10.1. The van der Waals surface area contributed by atoms with Crippen molar-refractivity contribution in [2.45, 2.75) is 20.8 Å². The first kappa shape index (κ1) is 18.9. The fourth-order valence-corrected chi connectivity index (χ4v) is 3.86. The summed E-state index contributed by atoms with van der Waals surface area (Å²) in [6.45, 7) is 6.06. The zero-order chi connectivity index (χ0) is 21.5. The summed E-state index contributed by atoms with van der Waals surface area (Å²) in [5, 5.41) is 20.8. The first-order chi connectivity index (χ1) is 15.0. The Balaban J connectivity index is 1.65. The van der Waals surface area contributed by atoms with E-state index in [9.17, 15) is 5.11 Å². The molecule has 0 atom stereocenters. The van der Waals surface area contributed by atoms with Crippen molar-refractivity contribution in [2.75, 3.05) is 0 Å². The lowest BCUT2D eigenvalue weighted by Crippen LogP contribution is -1.90. The average molecular weight is 407 g/mol. The minimum absolute atomic E-state index is 0.0213. The Bertz CT molecular complexity index is 1470. The molecule has 31 heavy (non-hydrogen) atoms. The van der Waals surface area contributed by atoms with Gasteiger partial charge in [0, 0.05) is 16.3 Å². The summed E-state index contributed by atoms with van der Waals surface area (Å²) in [4.78, 5) is 12.2. The van der Waals surface area contributed by atoms with E-state index < -0.39 is 0 Å². The molecule has 0 aliphatic heterocycles. The highest BCUT2D eigenvalue weighted by Crippen LogP contribution is 2.38. The van der Waals surface area contributed by atoms with Crippen LogP contribution in [0.5, 0.6) is 5.88 Å². The zero-order valence-electron chi connectivity index (χ0n) is 17.5. The number of nitrogens with one attached hydrogen (secondary N) is 1. The summed E-state index contributed by atoms with van der Waals surface area (Å²) >= 11 is 0. The molecule has 0 bridgehead atoms. The van der Waals surface area contributed by atoms with Gasteiger partial charge in [-0.05, 0) is 38.5 Å². The van der Waals surface area contributed by atoms with E-state index in [0.717, 1.165) is 44.2 Å². The second-order valence-corrected chi connectivity index (χ2v) is 7.78. The lowest BCUT2D eigenvalue weighted by molar-refractivity contribution is 0.459. The number of H-pyrrole nitrogens is 1. The van der Waals surface area contributed by atoms with Crippen LogP contribution in [0.2, 0.25) is 0 Å². The van der Waals surface area contributed by atoms with Crippen molar-refractivity contribution in [3.05, 3.63) is 77.4 Å². The number of benzene rings is 3. The Kier molecular flexibility index (Phi) is 4.47. The molecule has 6 nitrogen and oxygen atoms in total. The minimum Gasteiger partial charge on any atom is -0.493 e. The number of aromatic hydroxyl groups is 1. The van der Waals surface area contributed by atoms with Crippen molar-refractivity contribution < 1.29 is 5.11 Å². The summed E-state index contributed by atoms with van der Waals surface area (Å²) in [5.74, 6) is 0.222. The number of aryl methyl sites for hydroxylation is 3. The molecule has 5 rings (SSSR count). The molecule has 3 aromatic carbocycles. The van der Waals surface area contributed by atoms with Crippen molar-refractivity contribution in [1.82, 2.24) is 15.0 Å². The van der Waals surface area contributed by atoms with Crippen molar-refractivity contribution >= 4 is 33.4 Å². The van der Waals surface area contributed by atoms with Crippen LogP contribution < -0.4 is 0 Å². The molecule has 2 aromatic heterocycles. The van der Waals surface area contributed by atoms with Crippen LogP contribution in [0.15, 0.2) is 70.9 Å². The van der Waals surface area contributed by atoms with E-state index in [0.29, 0.717) is 5.69 Å². The van der Waals surface area contributed by atoms with Crippen LogP contribution in [-0.4, -0.2) is 20.1 Å². The predicted octanol–water partition coefficient (Wildman–Crippen LogP) is 6.82. The number of nitrogens with zero attached hydrogens (tertiary/aromatic N) is 4. The number of azo groups is 1. The lowest BCUT2D eigenvalue weighted by Gasteiger charge is -2.07. The molecule has 0 radical (unpaired) electrons. The quantitative estimate of drug-likeness (QED) is 0.322. The molecule has 5 aromatic rings. The molecule has 0 saturated carbocycles. The van der Waals surface area contributed by atoms with Crippen LogP contribution in [0.1, 0.15) is 16.7 Å². The van der Waals surface area contributed by atoms with E-state index >= 15 is 0 Å². The number of para-hydroxylation sites is 1. The maximum Gasteiger partial charge on any atom is 0.270 e. The van der Waals surface area contributed by atoms with E-state index in [4.69, 9.17) is 0 Å². The Morgan fingerprint density at radius 2 is 1.58 bits per heavy atom. The number of rotatable bonds is 3. The largest absolute Gasteiger partial charge is 0.493 e. The molecule has 0 fully saturated rings. The fraction of sp³-hybridized carbons (Fsp3) is 0.120. The van der Waals surface area contributed by atoms with E-state index in [-0.39, 0.29) is 11.8 Å². The van der Waals surface area contributed by atoms with Gasteiger partial charge in [0.25, 0.3) is 5.95 Å². The molecule has 2 N–H and O–H groups in total. The van der Waals surface area contributed by atoms with E-state index in [1.54, 1.807) is 0 Å². The first-order valence-corrected chi connectivity index (χ1v) is 10.1. The van der Waals surface area contributed by atoms with Gasteiger partial charge in [0.2, 0.25) is 5.88 Å². The SMILES string of the molecule is Cc1ccc(-c2nc(N=Nc3c(O)[nH]c4c(C)cc(C)cc34)nc3ccccc23)cc1. The molecule has 2 heterocycles. The predicted molar refractivity (Wildman–Crippen MR) is 123 cm³/mol. The molecular weight excluding hydrogens is 386 g/mol. The third-order valence-electron chi connectivity index (χ3n) is 5.36. The van der Waals surface area contributed by atoms with Crippen molar-refractivity contribution in [1.29, 1.82) is 0 Å². The van der Waals surface area contributed by atoms with Gasteiger partial charge in [0.15, 0.2) is 5.69 Å². The molecule has 0 amide bonds. The van der Waals surface area contributed by atoms with Gasteiger partial charge in [-0.15, -0.1) is 10.2 Å². The van der Waals surface area contributed by atoms with Gasteiger partial charge < -0.3 is 10.1 Å². The Labute approximate surface area is 179 Å². The zero-order valence-corrected chi connectivity index (χ0v) is 17.5. The Morgan fingerprint density at radius 3 is 2.39 bits per heavy atom. The standard InChI is InChI=1S/C25H21N5O/c1-14-8-10-17(11-9-14)22-18-6-4-5-7-20(18)26-25(28-22)30-29-23-19-13-15(2)12-16(3)21(19)27-24(23)31/h4-13,27,31H,1-3H3. The minimum atomic E-state index is -0.0213. The van der Waals surface area contributed by atoms with E-state index in [2.05, 4.69) is 50.3 Å². The summed E-state index contributed by atoms with van der Waals surface area (Å²) in [7, 11) is 0. The number of aromatic nitrogens is 3. The van der Waals surface area contributed by atoms with Crippen molar-refractivity contribution in [3.63, 3.8) is 0 Å². The monoisotopic (exact) mass is 407 g/mol. The molecule has 6 heteroatoms. The maximum absolute atomic E-state index is 10.4. The van der Waals surface area contributed by atoms with Crippen LogP contribution in [0.25, 0.3) is 33.1 Å². The van der Waals surface area contributed by atoms with Crippen LogP contribution in [0, 0.1) is 20.8 Å². The molecular formula is C25H21N5O. The maximum atomic E-state index is 10.4. The van der Waals surface area contributed by atoms with Gasteiger partial charge in [-0.25, -0.2) is 9.97 Å². The van der Waals surface area contributed by atoms with Gasteiger partial charge in [0.1, 0.15) is 0 Å². The highest BCUT2D eigenvalue weighted by molar-refractivity contribution is 5.96. The second-order valence-electron chi connectivity index (χ2n) is 7.78. The summed E-state index contributed by atoms with van der Waals surface area (Å²) in [6, 6.07) is 20.1. The van der Waals surface area contributed by atoms with Gasteiger partial charge in [-0.3, -0.25) is 0 Å². The van der Waals surface area contributed by atoms with Gasteiger partial charge in [-0.1, -0.05) is 59.7 Å². The fourth-order valence-electron chi connectivity index (χ4n) is 3.86. The topological polar surface area (TPSA) is 86.5 Å². The Hall–Kier alpha value is -4.06. The molecule has 0 aliphatic rings. The second kappa shape index (κ2) is 7.32. The third kappa shape index (κ3) is 3.42. The van der Waals surface area contributed by atoms with Crippen LogP contribution >= 0.6 is 0 Å². The number of fused-ring (bicyclic) bond motifs is 2. The van der Waals surface area contributed by atoms with Crippen LogP contribution in [0.3, 0.4) is 0 Å². The summed E-state index contributed by atoms with van der Waals surface area (Å²) < 4.78 is 0. The van der Waals surface area contributed by atoms with Gasteiger partial charge in [0.05, 0.1) is 16.7 Å². The van der Waals surface area contributed by atoms with Gasteiger partial charge in [-0.2, -0.15) is 0 Å². The highest BCUT2D eigenvalue weighted by atomic mass is 16.3. The average Bonchev–Trinajstić information content (AvgIpc) is 3.07. The highest BCUT2D eigenvalue weighted by Gasteiger charge is 2.14. The Morgan fingerprint density at radius 1 is 0.806 bits per heavy atom.